The summed E-state index contributed by atoms with van der Waals surface area (Å²) in [4.78, 5) is 5.48. The van der Waals surface area contributed by atoms with Crippen LogP contribution in [0.4, 0.5) is 17.6 Å². The molecule has 1 unspecified atom stereocenters. The number of unbranched alkanes of at least 4 members (excludes halogenated alkanes) is 5. The van der Waals surface area contributed by atoms with Gasteiger partial charge in [0.25, 0.3) is 0 Å². The number of aromatic nitrogens is 2. The molecule has 0 radical (unpaired) electrons. The third kappa shape index (κ3) is 6.36. The van der Waals surface area contributed by atoms with E-state index in [0.717, 1.165) is 38.2 Å². The standard InChI is InChI=1S/C25H33F4N5O2/c1-4-5-6-7-8-9-12-35-20-11-10-17(13-18(20)25(27,28)29)21-32-22(36-33-21)19-14-24(26,16(2)3)15-34(19)23(30)31/h10-11,13,19H,2,4-9,12,14-15H2,1,3H3,(H3,30,31)/t19-,24?/m0/s1. The summed E-state index contributed by atoms with van der Waals surface area (Å²) in [5.41, 5.74) is 3.20. The van der Waals surface area contributed by atoms with Crippen molar-refractivity contribution < 1.29 is 26.8 Å². The zero-order valence-corrected chi connectivity index (χ0v) is 20.6. The summed E-state index contributed by atoms with van der Waals surface area (Å²) >= 11 is 0. The molecule has 1 aliphatic rings. The van der Waals surface area contributed by atoms with Crippen LogP contribution in [0.25, 0.3) is 11.4 Å². The van der Waals surface area contributed by atoms with Crippen LogP contribution in [0.3, 0.4) is 0 Å². The second-order valence-corrected chi connectivity index (χ2v) is 9.26. The molecule has 0 aliphatic carbocycles. The van der Waals surface area contributed by atoms with Crippen molar-refractivity contribution in [1.29, 1.82) is 5.41 Å². The van der Waals surface area contributed by atoms with Crippen molar-refractivity contribution >= 4 is 5.96 Å². The molecule has 3 N–H and O–H groups in total. The maximum atomic E-state index is 15.2. The molecule has 0 amide bonds. The number of nitrogens with two attached hydrogens (primary N) is 1. The average Bonchev–Trinajstić information content (AvgIpc) is 3.43. The van der Waals surface area contributed by atoms with Gasteiger partial charge in [-0.3, -0.25) is 5.41 Å². The second-order valence-electron chi connectivity index (χ2n) is 9.26. The van der Waals surface area contributed by atoms with Gasteiger partial charge in [-0.15, -0.1) is 0 Å². The number of likely N-dealkylation sites (tertiary alicyclic amines) is 1. The number of hydrogen-bond donors (Lipinski definition) is 2. The Hall–Kier alpha value is -3.11. The average molecular weight is 512 g/mol. The van der Waals surface area contributed by atoms with E-state index in [9.17, 15) is 13.2 Å². The third-order valence-electron chi connectivity index (χ3n) is 6.41. The monoisotopic (exact) mass is 511 g/mol. The highest BCUT2D eigenvalue weighted by molar-refractivity contribution is 5.75. The van der Waals surface area contributed by atoms with E-state index in [1.54, 1.807) is 0 Å². The fourth-order valence-electron chi connectivity index (χ4n) is 4.21. The molecule has 1 fully saturated rings. The van der Waals surface area contributed by atoms with Gasteiger partial charge in [-0.2, -0.15) is 18.2 Å². The first-order valence-corrected chi connectivity index (χ1v) is 12.1. The van der Waals surface area contributed by atoms with Gasteiger partial charge in [-0.05, 0) is 37.1 Å². The van der Waals surface area contributed by atoms with Crippen LogP contribution >= 0.6 is 0 Å². The molecular formula is C25H33F4N5O2. The van der Waals surface area contributed by atoms with E-state index in [0.29, 0.717) is 6.42 Å². The van der Waals surface area contributed by atoms with Crippen LogP contribution < -0.4 is 10.5 Å². The lowest BCUT2D eigenvalue weighted by Crippen LogP contribution is -2.38. The summed E-state index contributed by atoms with van der Waals surface area (Å²) in [6, 6.07) is 2.74. The molecule has 1 aromatic carbocycles. The minimum absolute atomic E-state index is 0.0436. The van der Waals surface area contributed by atoms with Gasteiger partial charge in [-0.25, -0.2) is 4.39 Å². The Morgan fingerprint density at radius 2 is 1.97 bits per heavy atom. The zero-order chi connectivity index (χ0) is 26.5. The normalized spacial score (nSPS) is 20.1. The molecule has 11 heteroatoms. The Balaban J connectivity index is 1.77. The summed E-state index contributed by atoms with van der Waals surface area (Å²) in [7, 11) is 0. The molecule has 7 nitrogen and oxygen atoms in total. The summed E-state index contributed by atoms with van der Waals surface area (Å²) in [5, 5.41) is 11.6. The highest BCUT2D eigenvalue weighted by atomic mass is 19.4. The number of nitrogens with zero attached hydrogens (tertiary/aromatic N) is 3. The van der Waals surface area contributed by atoms with Crippen molar-refractivity contribution in [2.45, 2.75) is 76.7 Å². The molecule has 0 saturated carbocycles. The van der Waals surface area contributed by atoms with Crippen molar-refractivity contribution in [3.05, 3.63) is 41.8 Å². The Labute approximate surface area is 208 Å². The lowest BCUT2D eigenvalue weighted by atomic mass is 9.95. The van der Waals surface area contributed by atoms with Crippen LogP contribution in [0.5, 0.6) is 5.75 Å². The first-order chi connectivity index (χ1) is 17.0. The number of benzene rings is 1. The molecule has 198 valence electrons. The minimum Gasteiger partial charge on any atom is -0.493 e. The molecule has 36 heavy (non-hydrogen) atoms. The Morgan fingerprint density at radius 3 is 2.61 bits per heavy atom. The van der Waals surface area contributed by atoms with Crippen LogP contribution in [0.15, 0.2) is 34.9 Å². The van der Waals surface area contributed by atoms with E-state index in [1.165, 1.54) is 24.0 Å². The summed E-state index contributed by atoms with van der Waals surface area (Å²) < 4.78 is 67.3. The van der Waals surface area contributed by atoms with E-state index in [-0.39, 0.29) is 54.1 Å². The summed E-state index contributed by atoms with van der Waals surface area (Å²) in [6.45, 7) is 7.31. The Morgan fingerprint density at radius 1 is 1.28 bits per heavy atom. The van der Waals surface area contributed by atoms with Crippen LogP contribution in [0.1, 0.15) is 76.3 Å². The van der Waals surface area contributed by atoms with Gasteiger partial charge in [0.15, 0.2) is 11.6 Å². The van der Waals surface area contributed by atoms with E-state index in [1.807, 2.05) is 0 Å². The van der Waals surface area contributed by atoms with Crippen LogP contribution in [-0.4, -0.2) is 39.8 Å². The fourth-order valence-corrected chi connectivity index (χ4v) is 4.21. The van der Waals surface area contributed by atoms with Gasteiger partial charge < -0.3 is 19.9 Å². The maximum absolute atomic E-state index is 15.2. The second kappa shape index (κ2) is 11.3. The topological polar surface area (TPSA) is 101 Å². The zero-order valence-electron chi connectivity index (χ0n) is 20.6. The van der Waals surface area contributed by atoms with Gasteiger partial charge in [0, 0.05) is 12.0 Å². The lowest BCUT2D eigenvalue weighted by Gasteiger charge is -2.22. The number of ether oxygens (including phenoxy) is 1. The number of nitrogens with one attached hydrogen (secondary N) is 1. The number of rotatable bonds is 11. The number of alkyl halides is 4. The third-order valence-corrected chi connectivity index (χ3v) is 6.41. The Bertz CT molecular complexity index is 1070. The molecule has 1 aromatic heterocycles. The van der Waals surface area contributed by atoms with Gasteiger partial charge >= 0.3 is 6.18 Å². The van der Waals surface area contributed by atoms with Gasteiger partial charge in [0.05, 0.1) is 18.7 Å². The van der Waals surface area contributed by atoms with E-state index in [2.05, 4.69) is 23.6 Å². The summed E-state index contributed by atoms with van der Waals surface area (Å²) in [6.07, 6.45) is 1.21. The molecule has 2 heterocycles. The number of halogens is 4. The van der Waals surface area contributed by atoms with Crippen molar-refractivity contribution in [2.75, 3.05) is 13.2 Å². The van der Waals surface area contributed by atoms with Crippen molar-refractivity contribution in [3.8, 4) is 17.1 Å². The maximum Gasteiger partial charge on any atom is 0.419 e. The van der Waals surface area contributed by atoms with Crippen molar-refractivity contribution in [3.63, 3.8) is 0 Å². The molecule has 3 rings (SSSR count). The van der Waals surface area contributed by atoms with Crippen molar-refractivity contribution in [1.82, 2.24) is 15.0 Å². The largest absolute Gasteiger partial charge is 0.493 e. The van der Waals surface area contributed by atoms with E-state index < -0.39 is 23.5 Å². The molecule has 1 aliphatic heterocycles. The predicted molar refractivity (Wildman–Crippen MR) is 128 cm³/mol. The highest BCUT2D eigenvalue weighted by Gasteiger charge is 2.48. The van der Waals surface area contributed by atoms with E-state index >= 15 is 4.39 Å². The molecule has 0 bridgehead atoms. The van der Waals surface area contributed by atoms with Crippen LogP contribution in [0, 0.1) is 5.41 Å². The summed E-state index contributed by atoms with van der Waals surface area (Å²) in [5.74, 6) is -0.774. The molecule has 1 saturated heterocycles. The fraction of sp³-hybridized carbons (Fsp3) is 0.560. The molecule has 0 spiro atoms. The SMILES string of the molecule is C=C(C)C1(F)C[C@@H](c2nc(-c3ccc(OCCCCCCCC)c(C(F)(F)F)c3)no2)N(C(=N)N)C1. The number of guanidine groups is 1. The quantitative estimate of drug-likeness (QED) is 0.119. The van der Waals surface area contributed by atoms with Crippen LogP contribution in [-0.2, 0) is 6.18 Å². The minimum atomic E-state index is -4.65. The Kier molecular flexibility index (Phi) is 8.63. The van der Waals surface area contributed by atoms with E-state index in [4.69, 9.17) is 20.4 Å². The van der Waals surface area contributed by atoms with Gasteiger partial charge in [0.2, 0.25) is 11.7 Å². The first-order valence-electron chi connectivity index (χ1n) is 12.1. The lowest BCUT2D eigenvalue weighted by molar-refractivity contribution is -0.138. The highest BCUT2D eigenvalue weighted by Crippen LogP contribution is 2.43. The first kappa shape index (κ1) is 27.5. The van der Waals surface area contributed by atoms with Gasteiger partial charge in [0.1, 0.15) is 11.8 Å². The van der Waals surface area contributed by atoms with Crippen LogP contribution in [0.2, 0.25) is 0 Å². The predicted octanol–water partition coefficient (Wildman–Crippen LogP) is 6.42. The molecule has 2 atom stereocenters. The van der Waals surface area contributed by atoms with Gasteiger partial charge in [-0.1, -0.05) is 50.8 Å². The molecule has 2 aromatic rings. The number of hydrogen-bond acceptors (Lipinski definition) is 5. The van der Waals surface area contributed by atoms with Crippen molar-refractivity contribution in [2.24, 2.45) is 5.73 Å². The smallest absolute Gasteiger partial charge is 0.419 e. The molecular weight excluding hydrogens is 478 g/mol.